The van der Waals surface area contributed by atoms with Gasteiger partial charge in [-0.05, 0) is 36.3 Å². The van der Waals surface area contributed by atoms with Gasteiger partial charge in [-0.2, -0.15) is 13.2 Å². The van der Waals surface area contributed by atoms with Crippen molar-refractivity contribution in [3.05, 3.63) is 36.2 Å². The Kier molecular flexibility index (Phi) is 4.22. The Hall–Kier alpha value is -2.13. The SMILES string of the molecule is CC[S+]([O-])c1cccnc1-c1nc2cc(C(F)(F)F)cnc2n1C. The van der Waals surface area contributed by atoms with Gasteiger partial charge in [0.05, 0.1) is 5.56 Å². The van der Waals surface area contributed by atoms with Crippen LogP contribution in [-0.2, 0) is 24.4 Å². The van der Waals surface area contributed by atoms with Crippen LogP contribution in [-0.4, -0.2) is 29.8 Å². The third-order valence-electron chi connectivity index (χ3n) is 3.53. The second kappa shape index (κ2) is 6.06. The molecule has 0 fully saturated rings. The highest BCUT2D eigenvalue weighted by molar-refractivity contribution is 7.91. The van der Waals surface area contributed by atoms with E-state index in [1.54, 1.807) is 30.7 Å². The van der Waals surface area contributed by atoms with Crippen LogP contribution in [0.4, 0.5) is 13.2 Å². The van der Waals surface area contributed by atoms with Crippen molar-refractivity contribution in [3.8, 4) is 11.5 Å². The van der Waals surface area contributed by atoms with Gasteiger partial charge in [0.1, 0.15) is 11.3 Å². The summed E-state index contributed by atoms with van der Waals surface area (Å²) in [5, 5.41) is 0. The first-order valence-electron chi connectivity index (χ1n) is 7.06. The van der Waals surface area contributed by atoms with Gasteiger partial charge in [-0.25, -0.2) is 15.0 Å². The van der Waals surface area contributed by atoms with Crippen LogP contribution < -0.4 is 0 Å². The maximum absolute atomic E-state index is 12.8. The normalized spacial score (nSPS) is 13.4. The van der Waals surface area contributed by atoms with E-state index in [1.807, 2.05) is 0 Å². The Morgan fingerprint density at radius 2 is 2.04 bits per heavy atom. The van der Waals surface area contributed by atoms with Gasteiger partial charge >= 0.3 is 6.18 Å². The molecule has 5 nitrogen and oxygen atoms in total. The number of hydrogen-bond acceptors (Lipinski definition) is 4. The summed E-state index contributed by atoms with van der Waals surface area (Å²) in [6, 6.07) is 4.29. The molecule has 1 atom stereocenters. The molecule has 3 aromatic heterocycles. The van der Waals surface area contributed by atoms with Gasteiger partial charge < -0.3 is 9.12 Å². The number of fused-ring (bicyclic) bond motifs is 1. The second-order valence-electron chi connectivity index (χ2n) is 5.04. The first-order chi connectivity index (χ1) is 11.3. The summed E-state index contributed by atoms with van der Waals surface area (Å²) in [6.07, 6.45) is -2.18. The molecule has 1 unspecified atom stereocenters. The van der Waals surface area contributed by atoms with E-state index in [4.69, 9.17) is 0 Å². The molecule has 3 rings (SSSR count). The van der Waals surface area contributed by atoms with Crippen LogP contribution in [0, 0.1) is 0 Å². The third kappa shape index (κ3) is 2.84. The van der Waals surface area contributed by atoms with Crippen molar-refractivity contribution < 1.29 is 17.7 Å². The molecule has 3 aromatic rings. The van der Waals surface area contributed by atoms with Crippen molar-refractivity contribution in [2.24, 2.45) is 7.05 Å². The minimum absolute atomic E-state index is 0.112. The van der Waals surface area contributed by atoms with Crippen LogP contribution >= 0.6 is 0 Å². The van der Waals surface area contributed by atoms with Crippen LogP contribution in [0.3, 0.4) is 0 Å². The zero-order chi connectivity index (χ0) is 17.5. The Balaban J connectivity index is 2.20. The number of imidazole rings is 1. The van der Waals surface area contributed by atoms with Crippen LogP contribution in [0.2, 0.25) is 0 Å². The molecule has 0 aliphatic heterocycles. The maximum atomic E-state index is 12.8. The fourth-order valence-electron chi connectivity index (χ4n) is 2.34. The van der Waals surface area contributed by atoms with Crippen LogP contribution in [0.15, 0.2) is 35.5 Å². The molecule has 0 N–H and O–H groups in total. The fourth-order valence-corrected chi connectivity index (χ4v) is 3.24. The molecular weight excluding hydrogens is 341 g/mol. The quantitative estimate of drug-likeness (QED) is 0.678. The summed E-state index contributed by atoms with van der Waals surface area (Å²) >= 11 is -1.27. The molecule has 0 saturated heterocycles. The zero-order valence-corrected chi connectivity index (χ0v) is 13.6. The summed E-state index contributed by atoms with van der Waals surface area (Å²) in [5.41, 5.74) is -0.0668. The maximum Gasteiger partial charge on any atom is 0.417 e. The third-order valence-corrected chi connectivity index (χ3v) is 4.87. The van der Waals surface area contributed by atoms with Gasteiger partial charge in [0, 0.05) is 19.4 Å². The van der Waals surface area contributed by atoms with Gasteiger partial charge in [0.15, 0.2) is 22.1 Å². The monoisotopic (exact) mass is 354 g/mol. The molecule has 126 valence electrons. The number of nitrogens with zero attached hydrogens (tertiary/aromatic N) is 4. The molecule has 0 amide bonds. The summed E-state index contributed by atoms with van der Waals surface area (Å²) in [4.78, 5) is 12.8. The first kappa shape index (κ1) is 16.7. The summed E-state index contributed by atoms with van der Waals surface area (Å²) < 4.78 is 52.2. The zero-order valence-electron chi connectivity index (χ0n) is 12.8. The smallest absolute Gasteiger partial charge is 0.417 e. The first-order valence-corrected chi connectivity index (χ1v) is 8.38. The minimum Gasteiger partial charge on any atom is -0.611 e. The number of aryl methyl sites for hydroxylation is 1. The average molecular weight is 354 g/mol. The Morgan fingerprint density at radius 3 is 2.71 bits per heavy atom. The number of alkyl halides is 3. The van der Waals surface area contributed by atoms with E-state index < -0.39 is 22.9 Å². The molecule has 0 saturated carbocycles. The Labute approximate surface area is 138 Å². The predicted molar refractivity (Wildman–Crippen MR) is 83.7 cm³/mol. The molecule has 0 aliphatic rings. The largest absolute Gasteiger partial charge is 0.611 e. The topological polar surface area (TPSA) is 66.7 Å². The molecule has 9 heteroatoms. The van der Waals surface area contributed by atoms with Gasteiger partial charge in [-0.15, -0.1) is 0 Å². The fraction of sp³-hybridized carbons (Fsp3) is 0.267. The molecule has 0 aliphatic carbocycles. The van der Waals surface area contributed by atoms with E-state index in [9.17, 15) is 17.7 Å². The summed E-state index contributed by atoms with van der Waals surface area (Å²) in [7, 11) is 1.64. The molecule has 3 heterocycles. The van der Waals surface area contributed by atoms with E-state index >= 15 is 0 Å². The van der Waals surface area contributed by atoms with Gasteiger partial charge in [-0.1, -0.05) is 0 Å². The second-order valence-corrected chi connectivity index (χ2v) is 6.75. The molecule has 24 heavy (non-hydrogen) atoms. The minimum atomic E-state index is -4.49. The summed E-state index contributed by atoms with van der Waals surface area (Å²) in [6.45, 7) is 1.78. The number of hydrogen-bond donors (Lipinski definition) is 0. The highest BCUT2D eigenvalue weighted by atomic mass is 32.2. The van der Waals surface area contributed by atoms with Gasteiger partial charge in [-0.3, -0.25) is 0 Å². The van der Waals surface area contributed by atoms with Crippen molar-refractivity contribution in [1.82, 2.24) is 19.5 Å². The molecule has 0 bridgehead atoms. The highest BCUT2D eigenvalue weighted by Crippen LogP contribution is 2.32. The lowest BCUT2D eigenvalue weighted by Gasteiger charge is -2.11. The predicted octanol–water partition coefficient (Wildman–Crippen LogP) is 3.18. The van der Waals surface area contributed by atoms with Crippen molar-refractivity contribution in [2.75, 3.05) is 5.75 Å². The number of pyridine rings is 2. The molecule has 0 radical (unpaired) electrons. The van der Waals surface area contributed by atoms with Crippen LogP contribution in [0.25, 0.3) is 22.7 Å². The number of rotatable bonds is 3. The average Bonchev–Trinajstić information content (AvgIpc) is 2.89. The molecule has 0 spiro atoms. The lowest BCUT2D eigenvalue weighted by Crippen LogP contribution is -2.08. The lowest BCUT2D eigenvalue weighted by atomic mass is 10.2. The van der Waals surface area contributed by atoms with Crippen molar-refractivity contribution in [2.45, 2.75) is 18.0 Å². The van der Waals surface area contributed by atoms with Gasteiger partial charge in [0.25, 0.3) is 0 Å². The van der Waals surface area contributed by atoms with Crippen LogP contribution in [0.1, 0.15) is 12.5 Å². The van der Waals surface area contributed by atoms with Crippen molar-refractivity contribution in [3.63, 3.8) is 0 Å². The lowest BCUT2D eigenvalue weighted by molar-refractivity contribution is -0.137. The van der Waals surface area contributed by atoms with E-state index in [1.165, 1.54) is 6.20 Å². The highest BCUT2D eigenvalue weighted by Gasteiger charge is 2.32. The van der Waals surface area contributed by atoms with Gasteiger partial charge in [0.2, 0.25) is 0 Å². The van der Waals surface area contributed by atoms with Crippen molar-refractivity contribution in [1.29, 1.82) is 0 Å². The molecule has 0 aromatic carbocycles. The summed E-state index contributed by atoms with van der Waals surface area (Å²) in [5.74, 6) is 0.730. The van der Waals surface area contributed by atoms with Crippen molar-refractivity contribution >= 4 is 22.3 Å². The Morgan fingerprint density at radius 1 is 1.29 bits per heavy atom. The van der Waals surface area contributed by atoms with Crippen LogP contribution in [0.5, 0.6) is 0 Å². The number of halogens is 3. The molecular formula is C15H13F3N4OS. The standard InChI is InChI=1S/C15H13F3N4OS/c1-3-24(23)11-5-4-6-19-12(11)14-21-10-7-9(15(16,17)18)8-20-13(10)22(14)2/h4-8H,3H2,1-2H3. The number of aromatic nitrogens is 4. The van der Waals surface area contributed by atoms with E-state index in [0.717, 1.165) is 12.3 Å². The Bertz CT molecular complexity index is 894. The van der Waals surface area contributed by atoms with E-state index in [2.05, 4.69) is 15.0 Å². The van der Waals surface area contributed by atoms with E-state index in [0.29, 0.717) is 27.8 Å². The van der Waals surface area contributed by atoms with E-state index in [-0.39, 0.29) is 5.52 Å².